The van der Waals surface area contributed by atoms with Gasteiger partial charge >= 0.3 is 5.97 Å². The zero-order valence-corrected chi connectivity index (χ0v) is 14.4. The normalized spacial score (nSPS) is 10.6. The minimum absolute atomic E-state index is 0.138. The van der Waals surface area contributed by atoms with Crippen molar-refractivity contribution in [1.29, 1.82) is 0 Å². The lowest BCUT2D eigenvalue weighted by Gasteiger charge is -2.07. The zero-order valence-electron chi connectivity index (χ0n) is 12.9. The van der Waals surface area contributed by atoms with E-state index in [0.29, 0.717) is 22.2 Å². The van der Waals surface area contributed by atoms with Crippen LogP contribution in [0.3, 0.4) is 0 Å². The molecule has 3 aromatic rings. The maximum absolute atomic E-state index is 12.5. The van der Waals surface area contributed by atoms with Gasteiger partial charge in [0.15, 0.2) is 6.61 Å². The molecule has 1 heterocycles. The van der Waals surface area contributed by atoms with E-state index in [4.69, 9.17) is 9.47 Å². The Morgan fingerprint density at radius 3 is 2.50 bits per heavy atom. The highest BCUT2D eigenvalue weighted by molar-refractivity contribution is 9.10. The van der Waals surface area contributed by atoms with E-state index in [1.807, 2.05) is 24.3 Å². The average Bonchev–Trinajstić information content (AvgIpc) is 3.00. The number of carbonyl (C=O) groups is 2. The van der Waals surface area contributed by atoms with Crippen molar-refractivity contribution in [2.24, 2.45) is 0 Å². The molecule has 24 heavy (non-hydrogen) atoms. The van der Waals surface area contributed by atoms with E-state index in [1.165, 1.54) is 17.9 Å². The summed E-state index contributed by atoms with van der Waals surface area (Å²) in [4.78, 5) is 24.4. The fraction of sp³-hybridized carbons (Fsp3) is 0.111. The molecule has 0 spiro atoms. The van der Waals surface area contributed by atoms with Gasteiger partial charge in [-0.1, -0.05) is 34.1 Å². The first kappa shape index (κ1) is 16.3. The van der Waals surface area contributed by atoms with Gasteiger partial charge in [0.05, 0.1) is 18.2 Å². The van der Waals surface area contributed by atoms with Crippen molar-refractivity contribution in [3.8, 4) is 5.75 Å². The van der Waals surface area contributed by atoms with E-state index < -0.39 is 5.97 Å². The molecule has 0 amide bonds. The standard InChI is InChI=1S/C18H14BrNO4/c1-23-18(22)15-10-20(16-5-3-2-4-14(15)16)17(21)11-24-13-8-6-12(19)7-9-13/h2-10H,11H2,1H3. The van der Waals surface area contributed by atoms with Gasteiger partial charge in [0.1, 0.15) is 5.75 Å². The van der Waals surface area contributed by atoms with Crippen molar-refractivity contribution in [3.63, 3.8) is 0 Å². The van der Waals surface area contributed by atoms with Gasteiger partial charge in [-0.2, -0.15) is 0 Å². The number of nitrogens with zero attached hydrogens (tertiary/aromatic N) is 1. The molecule has 3 rings (SSSR count). The molecule has 0 aliphatic heterocycles. The maximum atomic E-state index is 12.5. The van der Waals surface area contributed by atoms with Crippen LogP contribution in [-0.2, 0) is 4.74 Å². The van der Waals surface area contributed by atoms with E-state index >= 15 is 0 Å². The van der Waals surface area contributed by atoms with Crippen LogP contribution in [0.5, 0.6) is 5.75 Å². The number of rotatable bonds is 4. The van der Waals surface area contributed by atoms with Gasteiger partial charge in [-0.3, -0.25) is 9.36 Å². The average molecular weight is 388 g/mol. The minimum atomic E-state index is -0.480. The number of aromatic nitrogens is 1. The van der Waals surface area contributed by atoms with Crippen LogP contribution in [0.25, 0.3) is 10.9 Å². The molecule has 1 aromatic heterocycles. The highest BCUT2D eigenvalue weighted by Crippen LogP contribution is 2.22. The van der Waals surface area contributed by atoms with Crippen molar-refractivity contribution in [1.82, 2.24) is 4.57 Å². The largest absolute Gasteiger partial charge is 0.484 e. The highest BCUT2D eigenvalue weighted by atomic mass is 79.9. The summed E-state index contributed by atoms with van der Waals surface area (Å²) in [7, 11) is 1.31. The molecule has 6 heteroatoms. The molecule has 0 fully saturated rings. The predicted octanol–water partition coefficient (Wildman–Crippen LogP) is 3.91. The molecule has 0 bridgehead atoms. The summed E-state index contributed by atoms with van der Waals surface area (Å²) in [6.07, 6.45) is 1.49. The monoisotopic (exact) mass is 387 g/mol. The van der Waals surface area contributed by atoms with Crippen LogP contribution in [0, 0.1) is 0 Å². The predicted molar refractivity (Wildman–Crippen MR) is 93.5 cm³/mol. The number of hydrogen-bond donors (Lipinski definition) is 0. The van der Waals surface area contributed by atoms with Crippen LogP contribution >= 0.6 is 15.9 Å². The van der Waals surface area contributed by atoms with Gasteiger partial charge in [-0.15, -0.1) is 0 Å². The third-order valence-electron chi connectivity index (χ3n) is 3.56. The lowest BCUT2D eigenvalue weighted by molar-refractivity contribution is 0.0603. The van der Waals surface area contributed by atoms with Crippen LogP contribution in [0.1, 0.15) is 15.2 Å². The third-order valence-corrected chi connectivity index (χ3v) is 4.09. The summed E-state index contributed by atoms with van der Waals surface area (Å²) < 4.78 is 12.6. The second-order valence-corrected chi connectivity index (χ2v) is 5.97. The van der Waals surface area contributed by atoms with Gasteiger partial charge in [0.25, 0.3) is 5.91 Å². The first-order valence-corrected chi connectivity index (χ1v) is 7.99. The van der Waals surface area contributed by atoms with Gasteiger partial charge in [-0.25, -0.2) is 4.79 Å². The Morgan fingerprint density at radius 1 is 1.08 bits per heavy atom. The Morgan fingerprint density at radius 2 is 1.79 bits per heavy atom. The quantitative estimate of drug-likeness (QED) is 0.636. The van der Waals surface area contributed by atoms with E-state index in [-0.39, 0.29) is 12.5 Å². The zero-order chi connectivity index (χ0) is 17.1. The molecule has 0 N–H and O–H groups in total. The third kappa shape index (κ3) is 3.19. The van der Waals surface area contributed by atoms with Crippen LogP contribution < -0.4 is 4.74 Å². The smallest absolute Gasteiger partial charge is 0.340 e. The van der Waals surface area contributed by atoms with Crippen molar-refractivity contribution in [2.75, 3.05) is 13.7 Å². The first-order chi connectivity index (χ1) is 11.6. The minimum Gasteiger partial charge on any atom is -0.484 e. The van der Waals surface area contributed by atoms with Crippen molar-refractivity contribution >= 4 is 38.7 Å². The summed E-state index contributed by atoms with van der Waals surface area (Å²) in [6.45, 7) is -0.138. The Kier molecular flexibility index (Phi) is 4.66. The van der Waals surface area contributed by atoms with E-state index in [2.05, 4.69) is 15.9 Å². The number of methoxy groups -OCH3 is 1. The van der Waals surface area contributed by atoms with Crippen LogP contribution in [-0.4, -0.2) is 30.2 Å². The number of esters is 1. The number of carbonyl (C=O) groups excluding carboxylic acids is 2. The molecule has 5 nitrogen and oxygen atoms in total. The number of ether oxygens (including phenoxy) is 2. The topological polar surface area (TPSA) is 57.5 Å². The number of para-hydroxylation sites is 1. The van der Waals surface area contributed by atoms with Crippen molar-refractivity contribution in [2.45, 2.75) is 0 Å². The molecule has 0 saturated carbocycles. The van der Waals surface area contributed by atoms with Gasteiger partial charge in [0.2, 0.25) is 0 Å². The molecule has 2 aromatic carbocycles. The number of fused-ring (bicyclic) bond motifs is 1. The molecule has 0 saturated heterocycles. The highest BCUT2D eigenvalue weighted by Gasteiger charge is 2.18. The Bertz CT molecular complexity index is 899. The van der Waals surface area contributed by atoms with Gasteiger partial charge < -0.3 is 9.47 Å². The second-order valence-electron chi connectivity index (χ2n) is 5.06. The summed E-state index contributed by atoms with van der Waals surface area (Å²) in [5, 5.41) is 0.668. The Hall–Kier alpha value is -2.60. The Labute approximate surface area is 146 Å². The van der Waals surface area contributed by atoms with Crippen LogP contribution in [0.2, 0.25) is 0 Å². The summed E-state index contributed by atoms with van der Waals surface area (Å²) in [5.41, 5.74) is 0.993. The molecule has 122 valence electrons. The van der Waals surface area contributed by atoms with Crippen molar-refractivity contribution in [3.05, 3.63) is 64.8 Å². The van der Waals surface area contributed by atoms with Gasteiger partial charge in [0, 0.05) is 16.1 Å². The molecule has 0 aliphatic carbocycles. The molecule has 0 aliphatic rings. The lowest BCUT2D eigenvalue weighted by atomic mass is 10.2. The molecule has 0 unspecified atom stereocenters. The number of hydrogen-bond acceptors (Lipinski definition) is 4. The van der Waals surface area contributed by atoms with Gasteiger partial charge in [-0.05, 0) is 30.3 Å². The van der Waals surface area contributed by atoms with Crippen LogP contribution in [0.15, 0.2) is 59.2 Å². The fourth-order valence-electron chi connectivity index (χ4n) is 2.40. The molecule has 0 atom stereocenters. The van der Waals surface area contributed by atoms with E-state index in [9.17, 15) is 9.59 Å². The van der Waals surface area contributed by atoms with Crippen molar-refractivity contribution < 1.29 is 19.1 Å². The van der Waals surface area contributed by atoms with E-state index in [1.54, 1.807) is 24.3 Å². The van der Waals surface area contributed by atoms with E-state index in [0.717, 1.165) is 4.47 Å². The summed E-state index contributed by atoms with van der Waals surface area (Å²) in [5.74, 6) is -0.160. The fourth-order valence-corrected chi connectivity index (χ4v) is 2.67. The summed E-state index contributed by atoms with van der Waals surface area (Å²) >= 11 is 3.34. The molecule has 0 radical (unpaired) electrons. The second kappa shape index (κ2) is 6.88. The Balaban J connectivity index is 1.87. The SMILES string of the molecule is COC(=O)c1cn(C(=O)COc2ccc(Br)cc2)c2ccccc12. The maximum Gasteiger partial charge on any atom is 0.340 e. The molecular formula is C18H14BrNO4. The van der Waals surface area contributed by atoms with Crippen LogP contribution in [0.4, 0.5) is 0 Å². The summed E-state index contributed by atoms with van der Waals surface area (Å²) in [6, 6.07) is 14.4. The lowest BCUT2D eigenvalue weighted by Crippen LogP contribution is -2.18. The number of benzene rings is 2. The first-order valence-electron chi connectivity index (χ1n) is 7.20. The number of halogens is 1. The molecular weight excluding hydrogens is 374 g/mol.